The Morgan fingerprint density at radius 2 is 1.62 bits per heavy atom. The highest BCUT2D eigenvalue weighted by Gasteiger charge is 2.12. The second kappa shape index (κ2) is 7.30. The third kappa shape index (κ3) is 3.82. The van der Waals surface area contributed by atoms with Crippen LogP contribution in [-0.4, -0.2) is 11.8 Å². The highest BCUT2D eigenvalue weighted by Crippen LogP contribution is 2.25. The SMILES string of the molecule is CCCC(=O)Nc1ccc(C(=O)Nc2ccc3c(c2)CCC3)cc1. The van der Waals surface area contributed by atoms with Crippen molar-refractivity contribution in [2.75, 3.05) is 10.6 Å². The van der Waals surface area contributed by atoms with E-state index in [0.717, 1.165) is 24.9 Å². The lowest BCUT2D eigenvalue weighted by molar-refractivity contribution is -0.116. The zero-order chi connectivity index (χ0) is 16.9. The molecule has 124 valence electrons. The summed E-state index contributed by atoms with van der Waals surface area (Å²) in [5, 5.41) is 5.76. The van der Waals surface area contributed by atoms with Gasteiger partial charge in [0.25, 0.3) is 5.91 Å². The third-order valence-corrected chi connectivity index (χ3v) is 4.26. The molecule has 2 N–H and O–H groups in total. The average molecular weight is 322 g/mol. The van der Waals surface area contributed by atoms with Gasteiger partial charge in [0.2, 0.25) is 5.91 Å². The molecule has 2 amide bonds. The van der Waals surface area contributed by atoms with Crippen LogP contribution in [0.5, 0.6) is 0 Å². The largest absolute Gasteiger partial charge is 0.326 e. The molecule has 0 atom stereocenters. The van der Waals surface area contributed by atoms with Crippen LogP contribution < -0.4 is 10.6 Å². The average Bonchev–Trinajstić information content (AvgIpc) is 3.03. The molecule has 0 aromatic heterocycles. The Morgan fingerprint density at radius 1 is 0.917 bits per heavy atom. The van der Waals surface area contributed by atoms with Gasteiger partial charge < -0.3 is 10.6 Å². The van der Waals surface area contributed by atoms with Crippen LogP contribution in [0.4, 0.5) is 11.4 Å². The van der Waals surface area contributed by atoms with E-state index >= 15 is 0 Å². The van der Waals surface area contributed by atoms with E-state index in [0.29, 0.717) is 17.7 Å². The number of carbonyl (C=O) groups excluding carboxylic acids is 2. The van der Waals surface area contributed by atoms with Gasteiger partial charge in [0.05, 0.1) is 0 Å². The molecule has 0 unspecified atom stereocenters. The fourth-order valence-corrected chi connectivity index (χ4v) is 3.01. The van der Waals surface area contributed by atoms with Crippen LogP contribution in [-0.2, 0) is 17.6 Å². The van der Waals surface area contributed by atoms with Crippen LogP contribution in [0.1, 0.15) is 47.7 Å². The maximum atomic E-state index is 12.4. The summed E-state index contributed by atoms with van der Waals surface area (Å²) in [4.78, 5) is 23.9. The molecule has 0 saturated heterocycles. The number of rotatable bonds is 5. The Hall–Kier alpha value is -2.62. The molecule has 0 fully saturated rings. The van der Waals surface area contributed by atoms with Gasteiger partial charge in [0.1, 0.15) is 0 Å². The van der Waals surface area contributed by atoms with Gasteiger partial charge in [-0.2, -0.15) is 0 Å². The minimum atomic E-state index is -0.139. The van der Waals surface area contributed by atoms with E-state index in [1.54, 1.807) is 24.3 Å². The molecule has 0 bridgehead atoms. The molecular formula is C20H22N2O2. The zero-order valence-electron chi connectivity index (χ0n) is 13.9. The molecule has 2 aromatic carbocycles. The Bertz CT molecular complexity index is 751. The molecule has 1 aliphatic rings. The van der Waals surface area contributed by atoms with E-state index in [-0.39, 0.29) is 11.8 Å². The molecule has 0 spiro atoms. The van der Waals surface area contributed by atoms with E-state index in [1.165, 1.54) is 17.5 Å². The summed E-state index contributed by atoms with van der Waals surface area (Å²) in [6, 6.07) is 13.1. The molecule has 1 aliphatic carbocycles. The van der Waals surface area contributed by atoms with Crippen LogP contribution in [0.15, 0.2) is 42.5 Å². The summed E-state index contributed by atoms with van der Waals surface area (Å²) in [5.74, 6) is -0.146. The molecule has 0 radical (unpaired) electrons. The Balaban J connectivity index is 1.63. The number of aryl methyl sites for hydroxylation is 2. The summed E-state index contributed by atoms with van der Waals surface area (Å²) in [6.45, 7) is 1.96. The normalized spacial score (nSPS) is 12.5. The third-order valence-electron chi connectivity index (χ3n) is 4.26. The Morgan fingerprint density at radius 3 is 2.38 bits per heavy atom. The smallest absolute Gasteiger partial charge is 0.255 e. The first-order valence-corrected chi connectivity index (χ1v) is 8.49. The molecule has 24 heavy (non-hydrogen) atoms. The van der Waals surface area contributed by atoms with Crippen LogP contribution in [0.2, 0.25) is 0 Å². The summed E-state index contributed by atoms with van der Waals surface area (Å²) in [6.07, 6.45) is 4.73. The lowest BCUT2D eigenvalue weighted by atomic mass is 10.1. The predicted octanol–water partition coefficient (Wildman–Crippen LogP) is 4.17. The molecule has 0 heterocycles. The highest BCUT2D eigenvalue weighted by molar-refractivity contribution is 6.04. The molecule has 4 heteroatoms. The van der Waals surface area contributed by atoms with Crippen molar-refractivity contribution < 1.29 is 9.59 Å². The van der Waals surface area contributed by atoms with Gasteiger partial charge in [0, 0.05) is 23.4 Å². The van der Waals surface area contributed by atoms with Gasteiger partial charge in [-0.15, -0.1) is 0 Å². The second-order valence-electron chi connectivity index (χ2n) is 6.17. The van der Waals surface area contributed by atoms with Crippen molar-refractivity contribution in [3.05, 3.63) is 59.2 Å². The maximum Gasteiger partial charge on any atom is 0.255 e. The van der Waals surface area contributed by atoms with Crippen molar-refractivity contribution in [1.29, 1.82) is 0 Å². The van der Waals surface area contributed by atoms with Crippen LogP contribution in [0.3, 0.4) is 0 Å². The maximum absolute atomic E-state index is 12.4. The number of benzene rings is 2. The highest BCUT2D eigenvalue weighted by atomic mass is 16.2. The molecule has 3 rings (SSSR count). The number of nitrogens with one attached hydrogen (secondary N) is 2. The second-order valence-corrected chi connectivity index (χ2v) is 6.17. The van der Waals surface area contributed by atoms with Gasteiger partial charge in [0.15, 0.2) is 0 Å². The number of anilines is 2. The topological polar surface area (TPSA) is 58.2 Å². The van der Waals surface area contributed by atoms with Crippen molar-refractivity contribution in [2.24, 2.45) is 0 Å². The van der Waals surface area contributed by atoms with E-state index < -0.39 is 0 Å². The Kier molecular flexibility index (Phi) is 4.94. The van der Waals surface area contributed by atoms with Crippen LogP contribution >= 0.6 is 0 Å². The molecule has 0 saturated carbocycles. The number of carbonyl (C=O) groups is 2. The fraction of sp³-hybridized carbons (Fsp3) is 0.300. The monoisotopic (exact) mass is 322 g/mol. The van der Waals surface area contributed by atoms with Crippen molar-refractivity contribution in [3.63, 3.8) is 0 Å². The first-order chi connectivity index (χ1) is 11.7. The van der Waals surface area contributed by atoms with E-state index in [9.17, 15) is 9.59 Å². The molecule has 4 nitrogen and oxygen atoms in total. The first kappa shape index (κ1) is 16.2. The van der Waals surface area contributed by atoms with Crippen molar-refractivity contribution in [2.45, 2.75) is 39.0 Å². The van der Waals surface area contributed by atoms with Gasteiger partial charge in [-0.1, -0.05) is 13.0 Å². The standard InChI is InChI=1S/C20H22N2O2/c1-2-4-19(23)21-17-10-8-15(9-11-17)20(24)22-18-12-7-14-5-3-6-16(14)13-18/h7-13H,2-6H2,1H3,(H,21,23)(H,22,24). The van der Waals surface area contributed by atoms with Crippen molar-refractivity contribution in [1.82, 2.24) is 0 Å². The van der Waals surface area contributed by atoms with Gasteiger partial charge in [-0.05, 0) is 73.2 Å². The van der Waals surface area contributed by atoms with Crippen molar-refractivity contribution in [3.8, 4) is 0 Å². The first-order valence-electron chi connectivity index (χ1n) is 8.49. The minimum Gasteiger partial charge on any atom is -0.326 e. The number of hydrogen-bond donors (Lipinski definition) is 2. The lowest BCUT2D eigenvalue weighted by Gasteiger charge is -2.09. The summed E-state index contributed by atoms with van der Waals surface area (Å²) >= 11 is 0. The van der Waals surface area contributed by atoms with Gasteiger partial charge in [-0.3, -0.25) is 9.59 Å². The summed E-state index contributed by atoms with van der Waals surface area (Å²) in [5.41, 5.74) is 4.84. The lowest BCUT2D eigenvalue weighted by Crippen LogP contribution is -2.13. The van der Waals surface area contributed by atoms with E-state index in [4.69, 9.17) is 0 Å². The Labute approximate surface area is 142 Å². The quantitative estimate of drug-likeness (QED) is 0.868. The van der Waals surface area contributed by atoms with E-state index in [1.807, 2.05) is 13.0 Å². The summed E-state index contributed by atoms with van der Waals surface area (Å²) < 4.78 is 0. The molecule has 0 aliphatic heterocycles. The minimum absolute atomic E-state index is 0.00663. The van der Waals surface area contributed by atoms with Gasteiger partial charge >= 0.3 is 0 Å². The number of amides is 2. The van der Waals surface area contributed by atoms with Crippen molar-refractivity contribution >= 4 is 23.2 Å². The molecule has 2 aromatic rings. The molecular weight excluding hydrogens is 300 g/mol. The zero-order valence-corrected chi connectivity index (χ0v) is 13.9. The number of hydrogen-bond acceptors (Lipinski definition) is 2. The predicted molar refractivity (Wildman–Crippen MR) is 96.4 cm³/mol. The number of fused-ring (bicyclic) bond motifs is 1. The van der Waals surface area contributed by atoms with Crippen LogP contribution in [0.25, 0.3) is 0 Å². The van der Waals surface area contributed by atoms with Crippen LogP contribution in [0, 0.1) is 0 Å². The van der Waals surface area contributed by atoms with Gasteiger partial charge in [-0.25, -0.2) is 0 Å². The fourth-order valence-electron chi connectivity index (χ4n) is 3.01. The summed E-state index contributed by atoms with van der Waals surface area (Å²) in [7, 11) is 0. The van der Waals surface area contributed by atoms with E-state index in [2.05, 4.69) is 22.8 Å².